The number of nitrogens with zero attached hydrogens (tertiary/aromatic N) is 4. The Morgan fingerprint density at radius 1 is 0.875 bits per heavy atom. The molecule has 2 atom stereocenters. The molecule has 3 fully saturated rings. The first-order valence-electron chi connectivity index (χ1n) is 15.3. The predicted octanol–water partition coefficient (Wildman–Crippen LogP) is 6.63. The van der Waals surface area contributed by atoms with Crippen molar-refractivity contribution in [2.45, 2.75) is 76.3 Å². The van der Waals surface area contributed by atoms with Crippen molar-refractivity contribution in [3.05, 3.63) is 78.0 Å². The van der Waals surface area contributed by atoms with Crippen LogP contribution in [0.3, 0.4) is 0 Å². The van der Waals surface area contributed by atoms with Crippen molar-refractivity contribution in [2.75, 3.05) is 33.2 Å². The average Bonchev–Trinajstić information content (AvgIpc) is 3.62. The van der Waals surface area contributed by atoms with Crippen LogP contribution in [0.4, 0.5) is 0 Å². The Balaban J connectivity index is 0.000000162. The highest BCUT2D eigenvalue weighted by molar-refractivity contribution is 5.74. The number of rotatable bonds is 6. The van der Waals surface area contributed by atoms with E-state index in [2.05, 4.69) is 89.1 Å². The number of likely N-dealkylation sites (tertiary alicyclic amines) is 2. The van der Waals surface area contributed by atoms with Crippen LogP contribution in [0.1, 0.15) is 74.6 Å². The summed E-state index contributed by atoms with van der Waals surface area (Å²) in [7, 11) is 2.20. The van der Waals surface area contributed by atoms with Gasteiger partial charge >= 0.3 is 5.97 Å². The zero-order chi connectivity index (χ0) is 27.9. The van der Waals surface area contributed by atoms with Crippen LogP contribution < -0.4 is 0 Å². The molecule has 1 aromatic heterocycles. The minimum absolute atomic E-state index is 0.265. The fraction of sp³-hybridized carbons (Fsp3) is 0.529. The number of piperidine rings is 1. The van der Waals surface area contributed by atoms with Crippen molar-refractivity contribution in [2.24, 2.45) is 5.92 Å². The van der Waals surface area contributed by atoms with E-state index in [1.165, 1.54) is 48.9 Å². The number of aromatic nitrogens is 2. The third-order valence-electron chi connectivity index (χ3n) is 9.19. The summed E-state index contributed by atoms with van der Waals surface area (Å²) in [4.78, 5) is 16.4. The molecule has 40 heavy (non-hydrogen) atoms. The van der Waals surface area contributed by atoms with Crippen LogP contribution in [0.15, 0.2) is 66.7 Å². The molecule has 1 N–H and O–H groups in total. The molecule has 2 saturated heterocycles. The fourth-order valence-corrected chi connectivity index (χ4v) is 7.00. The second-order valence-electron chi connectivity index (χ2n) is 12.1. The third kappa shape index (κ3) is 7.02. The Bertz CT molecular complexity index is 1200. The Morgan fingerprint density at radius 2 is 1.52 bits per heavy atom. The summed E-state index contributed by atoms with van der Waals surface area (Å²) in [5.74, 6) is 0.234. The first-order chi connectivity index (χ1) is 19.5. The molecule has 0 bridgehead atoms. The lowest BCUT2D eigenvalue weighted by Crippen LogP contribution is -2.45. The minimum atomic E-state index is -0.615. The van der Waals surface area contributed by atoms with E-state index in [1.54, 1.807) is 0 Å². The molecule has 0 radical (unpaired) electrons. The van der Waals surface area contributed by atoms with Crippen LogP contribution in [0.25, 0.3) is 11.3 Å². The van der Waals surface area contributed by atoms with Gasteiger partial charge in [0.25, 0.3) is 0 Å². The quantitative estimate of drug-likeness (QED) is 0.379. The Labute approximate surface area is 240 Å². The summed E-state index contributed by atoms with van der Waals surface area (Å²) in [5.41, 5.74) is 4.99. The lowest BCUT2D eigenvalue weighted by Gasteiger charge is -2.33. The summed E-state index contributed by atoms with van der Waals surface area (Å²) in [6.07, 6.45) is 9.31. The van der Waals surface area contributed by atoms with Gasteiger partial charge in [-0.3, -0.25) is 14.4 Å². The second-order valence-corrected chi connectivity index (χ2v) is 12.1. The Kier molecular flexibility index (Phi) is 9.71. The van der Waals surface area contributed by atoms with Gasteiger partial charge in [-0.25, -0.2) is 0 Å². The lowest BCUT2D eigenvalue weighted by molar-refractivity contribution is -0.145. The number of hydrogen-bond acceptors (Lipinski definition) is 4. The van der Waals surface area contributed by atoms with Gasteiger partial charge in [0, 0.05) is 6.54 Å². The summed E-state index contributed by atoms with van der Waals surface area (Å²) in [6, 6.07) is 23.6. The molecule has 2 aromatic carbocycles. The van der Waals surface area contributed by atoms with Gasteiger partial charge in [0.15, 0.2) is 0 Å². The van der Waals surface area contributed by atoms with E-state index in [9.17, 15) is 9.90 Å². The summed E-state index contributed by atoms with van der Waals surface area (Å²) >= 11 is 0. The third-order valence-corrected chi connectivity index (χ3v) is 9.19. The van der Waals surface area contributed by atoms with Crippen LogP contribution in [0.5, 0.6) is 0 Å². The van der Waals surface area contributed by atoms with Crippen LogP contribution in [-0.4, -0.2) is 69.9 Å². The SMILES string of the molecule is Cc1cc(-c2ccccc2)n(C2CCN(C)CC2)n1.O=C(O)C(C1CCCCC1)N1CC[C@@H](c2ccccc2)C1. The number of aryl methyl sites for hydroxylation is 1. The minimum Gasteiger partial charge on any atom is -0.480 e. The van der Waals surface area contributed by atoms with Gasteiger partial charge in [-0.2, -0.15) is 5.10 Å². The number of carboxylic acids is 1. The van der Waals surface area contributed by atoms with Gasteiger partial charge < -0.3 is 10.0 Å². The fourth-order valence-electron chi connectivity index (χ4n) is 7.00. The molecule has 3 aromatic rings. The maximum atomic E-state index is 11.8. The second kappa shape index (κ2) is 13.6. The number of carboxylic acid groups (broad SMARTS) is 1. The Morgan fingerprint density at radius 3 is 2.17 bits per heavy atom. The average molecular weight is 543 g/mol. The van der Waals surface area contributed by atoms with Crippen LogP contribution in [-0.2, 0) is 4.79 Å². The van der Waals surface area contributed by atoms with Crippen molar-refractivity contribution in [3.8, 4) is 11.3 Å². The van der Waals surface area contributed by atoms with Crippen LogP contribution in [0.2, 0.25) is 0 Å². The van der Waals surface area contributed by atoms with Crippen LogP contribution in [0, 0.1) is 12.8 Å². The van der Waals surface area contributed by atoms with Crippen molar-refractivity contribution in [1.82, 2.24) is 19.6 Å². The monoisotopic (exact) mass is 542 g/mol. The van der Waals surface area contributed by atoms with E-state index in [0.29, 0.717) is 17.9 Å². The smallest absolute Gasteiger partial charge is 0.321 e. The normalized spacial score (nSPS) is 22.0. The molecule has 0 spiro atoms. The number of benzene rings is 2. The summed E-state index contributed by atoms with van der Waals surface area (Å²) in [5, 5.41) is 14.4. The molecule has 6 rings (SSSR count). The summed E-state index contributed by atoms with van der Waals surface area (Å²) in [6.45, 7) is 6.23. The molecule has 1 saturated carbocycles. The van der Waals surface area contributed by atoms with Gasteiger partial charge in [-0.15, -0.1) is 0 Å². The van der Waals surface area contributed by atoms with Gasteiger partial charge in [0.2, 0.25) is 0 Å². The van der Waals surface area contributed by atoms with E-state index in [4.69, 9.17) is 5.10 Å². The zero-order valence-corrected chi connectivity index (χ0v) is 24.3. The maximum absolute atomic E-state index is 11.8. The highest BCUT2D eigenvalue weighted by Crippen LogP contribution is 2.35. The van der Waals surface area contributed by atoms with Crippen LogP contribution >= 0.6 is 0 Å². The number of carbonyl (C=O) groups is 1. The van der Waals surface area contributed by atoms with E-state index >= 15 is 0 Å². The van der Waals surface area contributed by atoms with Crippen molar-refractivity contribution in [3.63, 3.8) is 0 Å². The standard InChI is InChI=1S/C18H25NO2.C16H21N3/c20-18(21)17(15-9-5-2-6-10-15)19-12-11-16(13-19)14-7-3-1-4-8-14;1-13-12-16(14-6-4-3-5-7-14)19(17-13)15-8-10-18(2)11-9-15/h1,3-4,7-8,15-17H,2,5-6,9-13H2,(H,20,21);3-7,12,15H,8-11H2,1-2H3/t16-,17?;/m1./s1. The molecule has 2 aliphatic heterocycles. The topological polar surface area (TPSA) is 61.6 Å². The zero-order valence-electron chi connectivity index (χ0n) is 24.3. The van der Waals surface area contributed by atoms with E-state index in [0.717, 1.165) is 51.1 Å². The van der Waals surface area contributed by atoms with E-state index < -0.39 is 5.97 Å². The lowest BCUT2D eigenvalue weighted by atomic mass is 9.83. The van der Waals surface area contributed by atoms with Crippen molar-refractivity contribution >= 4 is 5.97 Å². The number of aliphatic carboxylic acids is 1. The molecule has 1 unspecified atom stereocenters. The summed E-state index contributed by atoms with van der Waals surface area (Å²) < 4.78 is 2.25. The molecule has 6 nitrogen and oxygen atoms in total. The highest BCUT2D eigenvalue weighted by atomic mass is 16.4. The molecule has 1 aliphatic carbocycles. The van der Waals surface area contributed by atoms with Gasteiger partial charge in [0.05, 0.1) is 17.4 Å². The van der Waals surface area contributed by atoms with E-state index in [1.807, 2.05) is 6.07 Å². The first kappa shape index (κ1) is 28.6. The molecule has 6 heteroatoms. The Hall–Kier alpha value is -2.96. The predicted molar refractivity (Wildman–Crippen MR) is 162 cm³/mol. The van der Waals surface area contributed by atoms with Gasteiger partial charge in [-0.1, -0.05) is 79.9 Å². The molecular formula is C34H46N4O2. The van der Waals surface area contributed by atoms with Gasteiger partial charge in [0.1, 0.15) is 6.04 Å². The van der Waals surface area contributed by atoms with E-state index in [-0.39, 0.29) is 6.04 Å². The van der Waals surface area contributed by atoms with Crippen molar-refractivity contribution in [1.29, 1.82) is 0 Å². The number of hydrogen-bond donors (Lipinski definition) is 1. The molecular weight excluding hydrogens is 496 g/mol. The molecule has 3 heterocycles. The maximum Gasteiger partial charge on any atom is 0.321 e. The molecule has 3 aliphatic rings. The highest BCUT2D eigenvalue weighted by Gasteiger charge is 2.38. The first-order valence-corrected chi connectivity index (χ1v) is 15.3. The van der Waals surface area contributed by atoms with Gasteiger partial charge in [-0.05, 0) is 94.7 Å². The van der Waals surface area contributed by atoms with Crippen molar-refractivity contribution < 1.29 is 9.90 Å². The molecule has 214 valence electrons. The largest absolute Gasteiger partial charge is 0.480 e. The molecule has 0 amide bonds.